The number of carbonyl (C=O) groups is 1. The maximum absolute atomic E-state index is 10.5. The molecule has 1 N–H and O–H groups in total. The highest BCUT2D eigenvalue weighted by Crippen LogP contribution is 1.83. The van der Waals surface area contributed by atoms with Crippen LogP contribution in [0.3, 0.4) is 0 Å². The van der Waals surface area contributed by atoms with Crippen LogP contribution in [-0.2, 0) is 4.79 Å². The molecule has 7 nitrogen and oxygen atoms in total. The molecule has 0 spiro atoms. The van der Waals surface area contributed by atoms with Crippen LogP contribution in [0.2, 0.25) is 0 Å². The van der Waals surface area contributed by atoms with E-state index >= 15 is 0 Å². The number of nitrogens with one attached hydrogen (secondary N) is 1. The molecule has 0 fully saturated rings. The summed E-state index contributed by atoms with van der Waals surface area (Å²) in [4.78, 5) is 20.2. The summed E-state index contributed by atoms with van der Waals surface area (Å²) in [6, 6.07) is 0. The summed E-state index contributed by atoms with van der Waals surface area (Å²) in [6.45, 7) is 1.12. The first-order chi connectivity index (χ1) is 5.93. The highest BCUT2D eigenvalue weighted by Gasteiger charge is 2.13. The molecule has 0 atom stereocenters. The van der Waals surface area contributed by atoms with Gasteiger partial charge in [-0.2, -0.15) is 0 Å². The first-order valence-corrected chi connectivity index (χ1v) is 3.57. The Morgan fingerprint density at radius 2 is 2.15 bits per heavy atom. The van der Waals surface area contributed by atoms with Gasteiger partial charge < -0.3 is 15.4 Å². The van der Waals surface area contributed by atoms with Crippen LogP contribution in [0.25, 0.3) is 0 Å². The number of hydrogen-bond donors (Lipinski definition) is 1. The lowest BCUT2D eigenvalue weighted by Gasteiger charge is -2.01. The second-order valence-corrected chi connectivity index (χ2v) is 2.53. The van der Waals surface area contributed by atoms with Crippen molar-refractivity contribution in [1.82, 2.24) is 10.3 Å². The summed E-state index contributed by atoms with van der Waals surface area (Å²) >= 11 is 0. The van der Waals surface area contributed by atoms with Gasteiger partial charge in [-0.3, -0.25) is 4.79 Å². The predicted molar refractivity (Wildman–Crippen MR) is 46.8 cm³/mol. The average Bonchev–Trinajstić information content (AvgIpc) is 1.96. The zero-order valence-corrected chi connectivity index (χ0v) is 7.77. The molecule has 74 valence electrons. The lowest BCUT2D eigenvalue weighted by Crippen LogP contribution is -2.32. The van der Waals surface area contributed by atoms with Gasteiger partial charge in [0.05, 0.1) is 5.10 Å². The van der Waals surface area contributed by atoms with Crippen LogP contribution in [0.4, 0.5) is 0 Å². The number of rotatable bonds is 3. The Hall–Kier alpha value is -1.66. The molecule has 0 unspecified atom stereocenters. The first kappa shape index (κ1) is 11.3. The summed E-state index contributed by atoms with van der Waals surface area (Å²) in [7, 11) is 3.13. The lowest BCUT2D eigenvalue weighted by atomic mass is 10.5. The van der Waals surface area contributed by atoms with Gasteiger partial charge in [0.25, 0.3) is 0 Å². The lowest BCUT2D eigenvalue weighted by molar-refractivity contribution is -0.353. The fourth-order valence-electron chi connectivity index (χ4n) is 0.571. The molecule has 0 rings (SSSR count). The third kappa shape index (κ3) is 5.59. The molecule has 0 aromatic rings. The van der Waals surface area contributed by atoms with Gasteiger partial charge in [-0.25, -0.2) is 5.01 Å². The quantitative estimate of drug-likeness (QED) is 0.274. The van der Waals surface area contributed by atoms with E-state index in [1.807, 2.05) is 0 Å². The number of hydrazone groups is 1. The van der Waals surface area contributed by atoms with Crippen molar-refractivity contribution in [1.29, 1.82) is 0 Å². The second kappa shape index (κ2) is 5.07. The molecule has 0 aliphatic rings. The fraction of sp³-hybridized carbons (Fsp3) is 0.667. The Morgan fingerprint density at radius 3 is 2.46 bits per heavy atom. The van der Waals surface area contributed by atoms with Gasteiger partial charge in [-0.15, -0.1) is 0 Å². The van der Waals surface area contributed by atoms with Crippen LogP contribution in [-0.4, -0.2) is 42.3 Å². The van der Waals surface area contributed by atoms with Crippen molar-refractivity contribution < 1.29 is 9.72 Å². The van der Waals surface area contributed by atoms with Gasteiger partial charge in [0, 0.05) is 21.0 Å². The van der Waals surface area contributed by atoms with Crippen LogP contribution in [0.5, 0.6) is 0 Å². The maximum Gasteiger partial charge on any atom is 0.382 e. The fourth-order valence-corrected chi connectivity index (χ4v) is 0.571. The average molecular weight is 188 g/mol. The van der Waals surface area contributed by atoms with Gasteiger partial charge in [0.1, 0.15) is 6.54 Å². The van der Waals surface area contributed by atoms with Gasteiger partial charge in [-0.05, 0) is 4.92 Å². The van der Waals surface area contributed by atoms with Crippen LogP contribution in [0, 0.1) is 10.1 Å². The zero-order chi connectivity index (χ0) is 10.4. The van der Waals surface area contributed by atoms with E-state index in [-0.39, 0.29) is 18.3 Å². The van der Waals surface area contributed by atoms with E-state index in [4.69, 9.17) is 0 Å². The molecule has 0 aliphatic heterocycles. The molecule has 0 radical (unpaired) electrons. The van der Waals surface area contributed by atoms with E-state index < -0.39 is 4.92 Å². The number of nitrogens with zero attached hydrogens (tertiary/aromatic N) is 3. The van der Waals surface area contributed by atoms with Gasteiger partial charge in [-0.1, -0.05) is 0 Å². The molecular formula is C6H12N4O3. The largest absolute Gasteiger partial charge is 0.382 e. The second-order valence-electron chi connectivity index (χ2n) is 2.53. The van der Waals surface area contributed by atoms with Crippen molar-refractivity contribution in [3.63, 3.8) is 0 Å². The third-order valence-corrected chi connectivity index (χ3v) is 1.02. The van der Waals surface area contributed by atoms with Gasteiger partial charge >= 0.3 is 5.84 Å². The normalized spacial score (nSPS) is 10.8. The molecule has 0 heterocycles. The zero-order valence-electron chi connectivity index (χ0n) is 7.77. The van der Waals surface area contributed by atoms with E-state index in [0.29, 0.717) is 0 Å². The molecule has 0 aromatic carbocycles. The molecular weight excluding hydrogens is 176 g/mol. The summed E-state index contributed by atoms with van der Waals surface area (Å²) < 4.78 is 0. The van der Waals surface area contributed by atoms with E-state index in [1.165, 1.54) is 11.9 Å². The van der Waals surface area contributed by atoms with E-state index in [1.54, 1.807) is 14.1 Å². The maximum atomic E-state index is 10.5. The Labute approximate surface area is 75.6 Å². The molecule has 0 bridgehead atoms. The SMILES string of the molecule is CC(=O)NC/C(=N/N(C)C)[N+](=O)[O-]. The van der Waals surface area contributed by atoms with Crippen molar-refractivity contribution in [2.45, 2.75) is 6.92 Å². The Kier molecular flexibility index (Phi) is 4.42. The molecule has 0 aliphatic carbocycles. The smallest absolute Gasteiger partial charge is 0.358 e. The third-order valence-electron chi connectivity index (χ3n) is 1.02. The van der Waals surface area contributed by atoms with Crippen LogP contribution in [0.1, 0.15) is 6.92 Å². The van der Waals surface area contributed by atoms with Gasteiger partial charge in [0.15, 0.2) is 0 Å². The highest BCUT2D eigenvalue weighted by molar-refractivity contribution is 5.82. The Morgan fingerprint density at radius 1 is 1.62 bits per heavy atom. The minimum absolute atomic E-state index is 0.166. The highest BCUT2D eigenvalue weighted by atomic mass is 16.6. The number of amides is 1. The monoisotopic (exact) mass is 188 g/mol. The molecule has 7 heteroatoms. The molecule has 0 aromatic heterocycles. The summed E-state index contributed by atoms with van der Waals surface area (Å²) in [6.07, 6.45) is 0. The van der Waals surface area contributed by atoms with Crippen LogP contribution >= 0.6 is 0 Å². The minimum Gasteiger partial charge on any atom is -0.358 e. The van der Waals surface area contributed by atoms with E-state index in [0.717, 1.165) is 0 Å². The number of amidine groups is 1. The van der Waals surface area contributed by atoms with Crippen molar-refractivity contribution >= 4 is 11.7 Å². The summed E-state index contributed by atoms with van der Waals surface area (Å²) in [5, 5.41) is 17.5. The van der Waals surface area contributed by atoms with Crippen molar-refractivity contribution in [3.8, 4) is 0 Å². The van der Waals surface area contributed by atoms with Crippen molar-refractivity contribution in [2.75, 3.05) is 20.6 Å². The Balaban J connectivity index is 4.27. The van der Waals surface area contributed by atoms with Crippen LogP contribution < -0.4 is 5.32 Å². The number of nitro groups is 1. The standard InChI is InChI=1S/C6H12N4O3/c1-5(11)7-4-6(10(12)13)8-9(2)3/h4H2,1-3H3,(H,7,11)/b8-6-. The van der Waals surface area contributed by atoms with E-state index in [9.17, 15) is 14.9 Å². The molecule has 0 saturated heterocycles. The minimum atomic E-state index is -0.629. The van der Waals surface area contributed by atoms with Crippen LogP contribution in [0.15, 0.2) is 5.10 Å². The molecule has 0 saturated carbocycles. The topological polar surface area (TPSA) is 87.8 Å². The molecule has 13 heavy (non-hydrogen) atoms. The number of hydrogen-bond acceptors (Lipinski definition) is 5. The van der Waals surface area contributed by atoms with Crippen molar-refractivity contribution in [3.05, 3.63) is 10.1 Å². The summed E-state index contributed by atoms with van der Waals surface area (Å²) in [5.74, 6) is -0.617. The van der Waals surface area contributed by atoms with Crippen molar-refractivity contribution in [2.24, 2.45) is 5.10 Å². The van der Waals surface area contributed by atoms with E-state index in [2.05, 4.69) is 10.4 Å². The number of carbonyl (C=O) groups excluding carboxylic acids is 1. The first-order valence-electron chi connectivity index (χ1n) is 3.57. The summed E-state index contributed by atoms with van der Waals surface area (Å²) in [5.41, 5.74) is 0. The van der Waals surface area contributed by atoms with Gasteiger partial charge in [0.2, 0.25) is 5.91 Å². The Bertz CT molecular complexity index is 236. The molecule has 1 amide bonds. The predicted octanol–water partition coefficient (Wildman–Crippen LogP) is -0.726.